The number of nitrogens with zero attached hydrogens (tertiary/aromatic N) is 3. The molecule has 9 heteroatoms. The minimum atomic E-state index is -3.68. The van der Waals surface area contributed by atoms with Gasteiger partial charge in [-0.05, 0) is 58.6 Å². The van der Waals surface area contributed by atoms with E-state index in [2.05, 4.69) is 10.3 Å². The molecule has 0 aliphatic carbocycles. The van der Waals surface area contributed by atoms with E-state index in [0.717, 1.165) is 24.0 Å². The number of carbonyl (C=O) groups excluding carboxylic acids is 1. The Bertz CT molecular complexity index is 1060. The molecule has 1 atom stereocenters. The molecule has 1 N–H and O–H groups in total. The number of amides is 2. The molecular weight excluding hydrogens is 440 g/mol. The number of carbonyl (C=O) groups is 1. The van der Waals surface area contributed by atoms with Gasteiger partial charge >= 0.3 is 6.03 Å². The highest BCUT2D eigenvalue weighted by Gasteiger charge is 2.29. The molecule has 1 fully saturated rings. The van der Waals surface area contributed by atoms with Gasteiger partial charge in [-0.25, -0.2) is 18.2 Å². The van der Waals surface area contributed by atoms with Crippen LogP contribution in [0.2, 0.25) is 0 Å². The molecule has 0 saturated carbocycles. The van der Waals surface area contributed by atoms with Gasteiger partial charge in [-0.1, -0.05) is 24.3 Å². The minimum Gasteiger partial charge on any atom is -0.376 e. The first-order chi connectivity index (χ1) is 15.6. The molecule has 182 valence electrons. The monoisotopic (exact) mass is 476 g/mol. The highest BCUT2D eigenvalue weighted by molar-refractivity contribution is 7.90. The first-order valence-electron chi connectivity index (χ1n) is 11.6. The minimum absolute atomic E-state index is 0.00967. The van der Waals surface area contributed by atoms with Crippen LogP contribution in [-0.4, -0.2) is 54.2 Å². The van der Waals surface area contributed by atoms with Crippen LogP contribution >= 0.6 is 0 Å². The molecule has 0 spiro atoms. The van der Waals surface area contributed by atoms with Gasteiger partial charge in [-0.2, -0.15) is 0 Å². The average Bonchev–Trinajstić information content (AvgIpc) is 3.39. The summed E-state index contributed by atoms with van der Waals surface area (Å²) in [4.78, 5) is 18.9. The Morgan fingerprint density at radius 1 is 1.27 bits per heavy atom. The zero-order chi connectivity index (χ0) is 24.2. The van der Waals surface area contributed by atoms with E-state index in [1.54, 1.807) is 15.7 Å². The summed E-state index contributed by atoms with van der Waals surface area (Å²) in [5.41, 5.74) is 2.37. The number of ether oxygens (including phenoxy) is 1. The summed E-state index contributed by atoms with van der Waals surface area (Å²) in [7, 11) is -3.68. The molecule has 3 rings (SSSR count). The summed E-state index contributed by atoms with van der Waals surface area (Å²) in [5, 5.41) is 2.98. The molecule has 1 aromatic carbocycles. The summed E-state index contributed by atoms with van der Waals surface area (Å²) >= 11 is 0. The summed E-state index contributed by atoms with van der Waals surface area (Å²) in [6.07, 6.45) is 3.46. The predicted octanol–water partition coefficient (Wildman–Crippen LogP) is 3.85. The Labute approximate surface area is 197 Å². The lowest BCUT2D eigenvalue weighted by atomic mass is 10.1. The highest BCUT2D eigenvalue weighted by atomic mass is 32.2. The molecule has 2 heterocycles. The number of hydrogen-bond acceptors (Lipinski definition) is 5. The first-order valence-corrected chi connectivity index (χ1v) is 13.2. The summed E-state index contributed by atoms with van der Waals surface area (Å²) < 4.78 is 34.2. The van der Waals surface area contributed by atoms with E-state index in [1.807, 2.05) is 58.9 Å². The SMILES string of the molecule is Cc1ccccc1CS(=O)(=O)c1ncc(CN(C[C@H]2CCCO2)C(=O)NC(C)C)n1C(C)C. The molecule has 33 heavy (non-hydrogen) atoms. The number of benzene rings is 1. The van der Waals surface area contributed by atoms with Crippen LogP contribution in [0.5, 0.6) is 0 Å². The molecule has 1 saturated heterocycles. The third-order valence-corrected chi connectivity index (χ3v) is 7.29. The number of sulfone groups is 1. The molecule has 0 radical (unpaired) electrons. The quantitative estimate of drug-likeness (QED) is 0.593. The second kappa shape index (κ2) is 10.7. The predicted molar refractivity (Wildman–Crippen MR) is 128 cm³/mol. The zero-order valence-corrected chi connectivity index (χ0v) is 21.1. The number of imidazole rings is 1. The van der Waals surface area contributed by atoms with Crippen LogP contribution in [0.25, 0.3) is 0 Å². The van der Waals surface area contributed by atoms with E-state index in [-0.39, 0.29) is 41.7 Å². The lowest BCUT2D eigenvalue weighted by Gasteiger charge is -2.27. The topological polar surface area (TPSA) is 93.5 Å². The number of aromatic nitrogens is 2. The van der Waals surface area contributed by atoms with Crippen LogP contribution < -0.4 is 5.32 Å². The van der Waals surface area contributed by atoms with E-state index in [4.69, 9.17) is 4.74 Å². The Kier molecular flexibility index (Phi) is 8.18. The Balaban J connectivity index is 1.90. The molecule has 2 aromatic rings. The van der Waals surface area contributed by atoms with Crippen molar-refractivity contribution >= 4 is 15.9 Å². The maximum Gasteiger partial charge on any atom is 0.318 e. The van der Waals surface area contributed by atoms with Crippen molar-refractivity contribution in [2.24, 2.45) is 0 Å². The third-order valence-electron chi connectivity index (χ3n) is 5.74. The van der Waals surface area contributed by atoms with Crippen LogP contribution in [0.4, 0.5) is 4.79 Å². The van der Waals surface area contributed by atoms with Crippen LogP contribution in [0.1, 0.15) is 63.4 Å². The number of rotatable bonds is 9. The molecule has 0 unspecified atom stereocenters. The van der Waals surface area contributed by atoms with E-state index in [0.29, 0.717) is 18.8 Å². The molecule has 1 aromatic heterocycles. The molecular formula is C24H36N4O4S. The van der Waals surface area contributed by atoms with E-state index in [1.165, 1.54) is 0 Å². The second-order valence-electron chi connectivity index (χ2n) is 9.30. The fourth-order valence-electron chi connectivity index (χ4n) is 4.11. The zero-order valence-electron chi connectivity index (χ0n) is 20.2. The Morgan fingerprint density at radius 2 is 2.00 bits per heavy atom. The largest absolute Gasteiger partial charge is 0.376 e. The van der Waals surface area contributed by atoms with Gasteiger partial charge in [-0.3, -0.25) is 0 Å². The molecule has 2 amide bonds. The fourth-order valence-corrected chi connectivity index (χ4v) is 5.81. The van der Waals surface area contributed by atoms with Crippen LogP contribution in [0.3, 0.4) is 0 Å². The maximum absolute atomic E-state index is 13.3. The highest BCUT2D eigenvalue weighted by Crippen LogP contribution is 2.24. The van der Waals surface area contributed by atoms with E-state index >= 15 is 0 Å². The number of hydrogen-bond donors (Lipinski definition) is 1. The Morgan fingerprint density at radius 3 is 2.61 bits per heavy atom. The molecule has 1 aliphatic heterocycles. The van der Waals surface area contributed by atoms with E-state index in [9.17, 15) is 13.2 Å². The van der Waals surface area contributed by atoms with Crippen LogP contribution in [0, 0.1) is 6.92 Å². The van der Waals surface area contributed by atoms with Crippen molar-refractivity contribution in [3.8, 4) is 0 Å². The standard InChI is InChI=1S/C24H36N4O4S/c1-17(2)26-23(29)27(15-22-11-8-12-32-22)14-21-13-25-24(28(21)18(3)4)33(30,31)16-20-10-7-6-9-19(20)5/h6-7,9-10,13,17-18,22H,8,11-12,14-16H2,1-5H3,(H,26,29)/t22-/m1/s1. The van der Waals surface area contributed by atoms with Crippen molar-refractivity contribution < 1.29 is 17.9 Å². The van der Waals surface area contributed by atoms with Crippen molar-refractivity contribution in [1.29, 1.82) is 0 Å². The van der Waals surface area contributed by atoms with Gasteiger partial charge in [0.05, 0.1) is 30.3 Å². The lowest BCUT2D eigenvalue weighted by molar-refractivity contribution is 0.0783. The van der Waals surface area contributed by atoms with Gasteiger partial charge < -0.3 is 19.5 Å². The smallest absolute Gasteiger partial charge is 0.318 e. The molecule has 1 aliphatic rings. The normalized spacial score (nSPS) is 16.5. The Hall–Kier alpha value is -2.39. The number of aryl methyl sites for hydroxylation is 1. The van der Waals surface area contributed by atoms with Crippen molar-refractivity contribution in [3.63, 3.8) is 0 Å². The van der Waals surface area contributed by atoms with Crippen molar-refractivity contribution in [3.05, 3.63) is 47.3 Å². The van der Waals surface area contributed by atoms with Crippen LogP contribution in [-0.2, 0) is 26.9 Å². The lowest BCUT2D eigenvalue weighted by Crippen LogP contribution is -2.45. The van der Waals surface area contributed by atoms with Gasteiger partial charge in [0.2, 0.25) is 15.0 Å². The van der Waals surface area contributed by atoms with Gasteiger partial charge in [0.15, 0.2) is 0 Å². The first kappa shape index (κ1) is 25.2. The van der Waals surface area contributed by atoms with Gasteiger partial charge in [0.25, 0.3) is 0 Å². The number of nitrogens with one attached hydrogen (secondary N) is 1. The molecule has 0 bridgehead atoms. The van der Waals surface area contributed by atoms with Crippen LogP contribution in [0.15, 0.2) is 35.6 Å². The maximum atomic E-state index is 13.3. The summed E-state index contributed by atoms with van der Waals surface area (Å²) in [5.74, 6) is -0.115. The second-order valence-corrected chi connectivity index (χ2v) is 11.2. The summed E-state index contributed by atoms with van der Waals surface area (Å²) in [6.45, 7) is 11.0. The van der Waals surface area contributed by atoms with Crippen molar-refractivity contribution in [2.75, 3.05) is 13.2 Å². The van der Waals surface area contributed by atoms with Crippen molar-refractivity contribution in [1.82, 2.24) is 19.8 Å². The van der Waals surface area contributed by atoms with Gasteiger partial charge in [0, 0.05) is 25.2 Å². The molecule has 8 nitrogen and oxygen atoms in total. The van der Waals surface area contributed by atoms with Crippen molar-refractivity contribution in [2.45, 2.75) is 83.1 Å². The van der Waals surface area contributed by atoms with Gasteiger partial charge in [0.1, 0.15) is 0 Å². The third kappa shape index (κ3) is 6.35. The van der Waals surface area contributed by atoms with E-state index < -0.39 is 9.84 Å². The number of urea groups is 1. The fraction of sp³-hybridized carbons (Fsp3) is 0.583. The average molecular weight is 477 g/mol. The van der Waals surface area contributed by atoms with Gasteiger partial charge in [-0.15, -0.1) is 0 Å². The summed E-state index contributed by atoms with van der Waals surface area (Å²) in [6, 6.07) is 7.13.